The van der Waals surface area contributed by atoms with Crippen LogP contribution in [0, 0.1) is 0 Å². The molecule has 0 radical (unpaired) electrons. The molecule has 0 aromatic heterocycles. The smallest absolute Gasteiger partial charge is 0.410 e. The lowest BCUT2D eigenvalue weighted by molar-refractivity contribution is -0.158. The fourth-order valence-corrected chi connectivity index (χ4v) is 4.71. The normalized spacial score (nSPS) is 28.0. The molecule has 0 bridgehead atoms. The van der Waals surface area contributed by atoms with Gasteiger partial charge in [0.25, 0.3) is 0 Å². The molecule has 3 heterocycles. The molecule has 5 rings (SSSR count). The summed E-state index contributed by atoms with van der Waals surface area (Å²) in [5.74, 6) is -0.444. The number of carbonyl (C=O) groups is 2. The molecule has 3 fully saturated rings. The lowest BCUT2D eigenvalue weighted by Crippen LogP contribution is -2.44. The molecule has 3 aliphatic rings. The number of likely N-dealkylation sites (tertiary alicyclic amines) is 1. The summed E-state index contributed by atoms with van der Waals surface area (Å²) in [4.78, 5) is 27.0. The predicted octanol–water partition coefficient (Wildman–Crippen LogP) is 3.08. The number of rotatable bonds is 7. The van der Waals surface area contributed by atoms with Crippen molar-refractivity contribution in [2.75, 3.05) is 19.8 Å². The van der Waals surface area contributed by atoms with Crippen LogP contribution in [-0.2, 0) is 41.7 Å². The lowest BCUT2D eigenvalue weighted by Gasteiger charge is -2.25. The Morgan fingerprint density at radius 3 is 2.18 bits per heavy atom. The van der Waals surface area contributed by atoms with E-state index in [1.807, 2.05) is 60.7 Å². The zero-order valence-electron chi connectivity index (χ0n) is 18.9. The number of fused-ring (bicyclic) bond motifs is 1. The molecule has 2 aromatic rings. The number of benzene rings is 2. The van der Waals surface area contributed by atoms with Gasteiger partial charge in [-0.1, -0.05) is 60.7 Å². The average molecular weight is 468 g/mol. The van der Waals surface area contributed by atoms with Crippen molar-refractivity contribution < 1.29 is 33.3 Å². The van der Waals surface area contributed by atoms with Gasteiger partial charge in [0.05, 0.1) is 19.8 Å². The van der Waals surface area contributed by atoms with Gasteiger partial charge in [-0.3, -0.25) is 4.90 Å². The Bertz CT molecular complexity index is 970. The molecule has 2 aromatic carbocycles. The van der Waals surface area contributed by atoms with Crippen LogP contribution in [-0.4, -0.2) is 67.2 Å². The van der Waals surface area contributed by atoms with Crippen LogP contribution >= 0.6 is 0 Å². The van der Waals surface area contributed by atoms with Gasteiger partial charge in [0, 0.05) is 6.54 Å². The van der Waals surface area contributed by atoms with E-state index < -0.39 is 24.2 Å². The van der Waals surface area contributed by atoms with Crippen LogP contribution in [0.3, 0.4) is 0 Å². The summed E-state index contributed by atoms with van der Waals surface area (Å²) in [6, 6.07) is 18.7. The Morgan fingerprint density at radius 1 is 0.853 bits per heavy atom. The monoisotopic (exact) mass is 467 g/mol. The van der Waals surface area contributed by atoms with Gasteiger partial charge in [-0.05, 0) is 24.0 Å². The largest absolute Gasteiger partial charge is 0.455 e. The quantitative estimate of drug-likeness (QED) is 0.579. The Morgan fingerprint density at radius 2 is 1.47 bits per heavy atom. The zero-order chi connectivity index (χ0) is 23.3. The number of esters is 1. The molecule has 8 heteroatoms. The Labute approximate surface area is 198 Å². The second-order valence-electron chi connectivity index (χ2n) is 8.80. The highest BCUT2D eigenvalue weighted by atomic mass is 16.7. The van der Waals surface area contributed by atoms with E-state index in [-0.39, 0.29) is 31.5 Å². The van der Waals surface area contributed by atoms with Crippen molar-refractivity contribution in [1.29, 1.82) is 0 Å². The van der Waals surface area contributed by atoms with Crippen LogP contribution in [0.5, 0.6) is 0 Å². The predicted molar refractivity (Wildman–Crippen MR) is 121 cm³/mol. The Balaban J connectivity index is 1.12. The average Bonchev–Trinajstić information content (AvgIpc) is 3.61. The van der Waals surface area contributed by atoms with Crippen LogP contribution in [0.1, 0.15) is 24.0 Å². The minimum Gasteiger partial charge on any atom is -0.455 e. The van der Waals surface area contributed by atoms with Crippen molar-refractivity contribution in [3.8, 4) is 0 Å². The topological polar surface area (TPSA) is 83.5 Å². The van der Waals surface area contributed by atoms with Gasteiger partial charge >= 0.3 is 12.1 Å². The summed E-state index contributed by atoms with van der Waals surface area (Å²) < 4.78 is 29.0. The summed E-state index contributed by atoms with van der Waals surface area (Å²) >= 11 is 0. The third-order valence-corrected chi connectivity index (χ3v) is 6.50. The van der Waals surface area contributed by atoms with Gasteiger partial charge in [0.2, 0.25) is 0 Å². The highest BCUT2D eigenvalue weighted by Crippen LogP contribution is 2.32. The molecule has 0 saturated carbocycles. The van der Waals surface area contributed by atoms with Gasteiger partial charge in [-0.2, -0.15) is 0 Å². The van der Waals surface area contributed by atoms with E-state index in [1.54, 1.807) is 0 Å². The van der Waals surface area contributed by atoms with Gasteiger partial charge in [-0.25, -0.2) is 9.59 Å². The second kappa shape index (κ2) is 10.5. The van der Waals surface area contributed by atoms with Gasteiger partial charge < -0.3 is 23.7 Å². The summed E-state index contributed by atoms with van der Waals surface area (Å²) in [7, 11) is 0. The summed E-state index contributed by atoms with van der Waals surface area (Å²) in [5.41, 5.74) is 1.97. The molecule has 5 atom stereocenters. The first-order valence-corrected chi connectivity index (χ1v) is 11.8. The SMILES string of the molecule is O=C(O[C@@H]1CO[C@H]2[C@@H]1OC[C@H]2OCc1ccccc1)C1CCCN1C(=O)OCc1ccccc1. The first-order chi connectivity index (χ1) is 16.7. The molecule has 0 spiro atoms. The number of amides is 1. The molecule has 180 valence electrons. The summed E-state index contributed by atoms with van der Waals surface area (Å²) in [6.07, 6.45) is -0.628. The molecule has 1 unspecified atom stereocenters. The molecule has 3 aliphatic heterocycles. The maximum absolute atomic E-state index is 13.0. The standard InChI is InChI=1S/C26H29NO7/c28-25(20-12-7-13-27(20)26(29)33-15-19-10-5-2-6-11-19)34-22-17-32-23-21(16-31-24(22)23)30-14-18-8-3-1-4-9-18/h1-6,8-11,20-24H,7,12-17H2/t20?,21-,22-,23-,24-/m1/s1. The van der Waals surface area contributed by atoms with E-state index in [9.17, 15) is 9.59 Å². The van der Waals surface area contributed by atoms with Crippen molar-refractivity contribution in [2.45, 2.75) is 56.5 Å². The minimum absolute atomic E-state index is 0.163. The van der Waals surface area contributed by atoms with Crippen LogP contribution < -0.4 is 0 Å². The first-order valence-electron chi connectivity index (χ1n) is 11.8. The van der Waals surface area contributed by atoms with Crippen molar-refractivity contribution in [3.63, 3.8) is 0 Å². The Hall–Kier alpha value is -2.94. The molecular formula is C26H29NO7. The van der Waals surface area contributed by atoms with Gasteiger partial charge in [0.1, 0.15) is 31.0 Å². The molecule has 1 amide bonds. The van der Waals surface area contributed by atoms with Crippen molar-refractivity contribution >= 4 is 12.1 Å². The zero-order valence-corrected chi connectivity index (χ0v) is 18.9. The van der Waals surface area contributed by atoms with Crippen molar-refractivity contribution in [1.82, 2.24) is 4.90 Å². The summed E-state index contributed by atoms with van der Waals surface area (Å²) in [5, 5.41) is 0. The van der Waals surface area contributed by atoms with Gasteiger partial charge in [-0.15, -0.1) is 0 Å². The highest BCUT2D eigenvalue weighted by Gasteiger charge is 2.51. The first kappa shape index (κ1) is 22.8. The third kappa shape index (κ3) is 5.09. The summed E-state index contributed by atoms with van der Waals surface area (Å²) in [6.45, 7) is 1.73. The third-order valence-electron chi connectivity index (χ3n) is 6.50. The fourth-order valence-electron chi connectivity index (χ4n) is 4.71. The fraction of sp³-hybridized carbons (Fsp3) is 0.462. The molecule has 34 heavy (non-hydrogen) atoms. The number of hydrogen-bond acceptors (Lipinski definition) is 7. The van der Waals surface area contributed by atoms with E-state index >= 15 is 0 Å². The van der Waals surface area contributed by atoms with E-state index in [4.69, 9.17) is 23.7 Å². The maximum atomic E-state index is 13.0. The molecule has 3 saturated heterocycles. The molecule has 0 N–H and O–H groups in total. The number of carbonyl (C=O) groups excluding carboxylic acids is 2. The molecule has 8 nitrogen and oxygen atoms in total. The lowest BCUT2D eigenvalue weighted by atomic mass is 10.1. The van der Waals surface area contributed by atoms with Crippen molar-refractivity contribution in [2.24, 2.45) is 0 Å². The van der Waals surface area contributed by atoms with E-state index in [0.29, 0.717) is 26.2 Å². The number of nitrogens with zero attached hydrogens (tertiary/aromatic N) is 1. The molecule has 0 aliphatic carbocycles. The van der Waals surface area contributed by atoms with Crippen LogP contribution in [0.25, 0.3) is 0 Å². The molecular weight excluding hydrogens is 438 g/mol. The van der Waals surface area contributed by atoms with Crippen LogP contribution in [0.2, 0.25) is 0 Å². The van der Waals surface area contributed by atoms with Crippen LogP contribution in [0.15, 0.2) is 60.7 Å². The van der Waals surface area contributed by atoms with Gasteiger partial charge in [0.15, 0.2) is 6.10 Å². The van der Waals surface area contributed by atoms with Crippen molar-refractivity contribution in [3.05, 3.63) is 71.8 Å². The number of ether oxygens (including phenoxy) is 5. The minimum atomic E-state index is -0.658. The second-order valence-corrected chi connectivity index (χ2v) is 8.80. The maximum Gasteiger partial charge on any atom is 0.410 e. The van der Waals surface area contributed by atoms with E-state index in [1.165, 1.54) is 4.90 Å². The highest BCUT2D eigenvalue weighted by molar-refractivity contribution is 5.82. The number of hydrogen-bond donors (Lipinski definition) is 0. The Kier molecular flexibility index (Phi) is 7.08. The van der Waals surface area contributed by atoms with Crippen LogP contribution in [0.4, 0.5) is 4.79 Å². The van der Waals surface area contributed by atoms with E-state index in [0.717, 1.165) is 17.5 Å². The van der Waals surface area contributed by atoms with E-state index in [2.05, 4.69) is 0 Å².